The average molecular weight is 464 g/mol. The van der Waals surface area contributed by atoms with Gasteiger partial charge in [0.05, 0.1) is 17.8 Å². The molecule has 3 rings (SSSR count). The molecule has 0 spiro atoms. The normalized spacial score (nSPS) is 11.2. The molecule has 0 radical (unpaired) electrons. The molecule has 0 saturated heterocycles. The fourth-order valence-corrected chi connectivity index (χ4v) is 2.81. The Morgan fingerprint density at radius 3 is 2.53 bits per heavy atom. The molecule has 176 valence electrons. The number of nitro benzene ring substituents is 1. The van der Waals surface area contributed by atoms with Gasteiger partial charge in [0.25, 0.3) is 11.6 Å². The summed E-state index contributed by atoms with van der Waals surface area (Å²) in [6.45, 7) is 4.46. The molecule has 3 aromatic rings. The Kier molecular flexibility index (Phi) is 8.17. The number of non-ortho nitro benzene ring substituents is 1. The van der Waals surface area contributed by atoms with Gasteiger partial charge in [0, 0.05) is 17.7 Å². The first kappa shape index (κ1) is 24.2. The molecule has 9 nitrogen and oxygen atoms in total. The molecule has 1 aromatic heterocycles. The van der Waals surface area contributed by atoms with Gasteiger partial charge in [-0.15, -0.1) is 0 Å². The van der Waals surface area contributed by atoms with Crippen LogP contribution in [0.5, 0.6) is 5.75 Å². The Hall–Kier alpha value is -4.40. The number of esters is 1. The van der Waals surface area contributed by atoms with E-state index in [0.717, 1.165) is 0 Å². The summed E-state index contributed by atoms with van der Waals surface area (Å²) in [5.74, 6) is 0.0219. The van der Waals surface area contributed by atoms with Crippen LogP contribution in [-0.2, 0) is 16.1 Å². The van der Waals surface area contributed by atoms with E-state index in [1.807, 2.05) is 13.8 Å². The van der Waals surface area contributed by atoms with Gasteiger partial charge in [-0.2, -0.15) is 0 Å². The summed E-state index contributed by atoms with van der Waals surface area (Å²) in [5, 5.41) is 13.6. The highest BCUT2D eigenvalue weighted by molar-refractivity contribution is 6.03. The highest BCUT2D eigenvalue weighted by atomic mass is 16.6. The number of carbonyl (C=O) groups is 2. The molecular formula is C25H24N2O7. The predicted octanol–water partition coefficient (Wildman–Crippen LogP) is 4.74. The van der Waals surface area contributed by atoms with Crippen molar-refractivity contribution < 1.29 is 28.4 Å². The Bertz CT molecular complexity index is 1170. The minimum absolute atomic E-state index is 0.143. The van der Waals surface area contributed by atoms with E-state index in [2.05, 4.69) is 5.32 Å². The van der Waals surface area contributed by atoms with Crippen molar-refractivity contribution in [3.05, 3.63) is 99.6 Å². The van der Waals surface area contributed by atoms with Crippen LogP contribution in [0.3, 0.4) is 0 Å². The van der Waals surface area contributed by atoms with Crippen LogP contribution in [0, 0.1) is 16.0 Å². The monoisotopic (exact) mass is 464 g/mol. The quantitative estimate of drug-likeness (QED) is 0.199. The Morgan fingerprint density at radius 1 is 1.12 bits per heavy atom. The molecule has 1 amide bonds. The van der Waals surface area contributed by atoms with Crippen LogP contribution in [0.2, 0.25) is 0 Å². The summed E-state index contributed by atoms with van der Waals surface area (Å²) in [6, 6.07) is 15.4. The zero-order valence-electron chi connectivity index (χ0n) is 18.7. The highest BCUT2D eigenvalue weighted by Gasteiger charge is 2.18. The van der Waals surface area contributed by atoms with E-state index >= 15 is 0 Å². The summed E-state index contributed by atoms with van der Waals surface area (Å²) >= 11 is 0. The number of benzene rings is 2. The first-order chi connectivity index (χ1) is 16.3. The number of nitro groups is 1. The van der Waals surface area contributed by atoms with E-state index in [9.17, 15) is 19.7 Å². The molecule has 1 N–H and O–H groups in total. The molecule has 34 heavy (non-hydrogen) atoms. The number of furan rings is 1. The van der Waals surface area contributed by atoms with E-state index in [1.165, 1.54) is 30.5 Å². The fourth-order valence-electron chi connectivity index (χ4n) is 2.81. The van der Waals surface area contributed by atoms with Gasteiger partial charge in [-0.05, 0) is 54.0 Å². The van der Waals surface area contributed by atoms with Gasteiger partial charge in [-0.25, -0.2) is 4.79 Å². The Labute approximate surface area is 196 Å². The van der Waals surface area contributed by atoms with Crippen LogP contribution in [0.25, 0.3) is 6.08 Å². The first-order valence-electron chi connectivity index (χ1n) is 10.5. The number of hydrogen-bond acceptors (Lipinski definition) is 7. The smallest absolute Gasteiger partial charge is 0.355 e. The van der Waals surface area contributed by atoms with Crippen LogP contribution in [0.1, 0.15) is 35.5 Å². The van der Waals surface area contributed by atoms with Gasteiger partial charge < -0.3 is 19.2 Å². The maximum Gasteiger partial charge on any atom is 0.355 e. The van der Waals surface area contributed by atoms with Gasteiger partial charge in [-0.3, -0.25) is 14.9 Å². The molecule has 0 aliphatic heterocycles. The van der Waals surface area contributed by atoms with Gasteiger partial charge >= 0.3 is 5.97 Å². The number of carbonyl (C=O) groups excluding carboxylic acids is 2. The lowest BCUT2D eigenvalue weighted by molar-refractivity contribution is -0.384. The maximum absolute atomic E-state index is 12.8. The predicted molar refractivity (Wildman–Crippen MR) is 124 cm³/mol. The summed E-state index contributed by atoms with van der Waals surface area (Å²) in [4.78, 5) is 36.1. The second-order valence-corrected chi connectivity index (χ2v) is 7.75. The third kappa shape index (κ3) is 7.06. The van der Waals surface area contributed by atoms with Crippen molar-refractivity contribution in [2.75, 3.05) is 6.61 Å². The van der Waals surface area contributed by atoms with E-state index < -0.39 is 16.8 Å². The molecule has 0 fully saturated rings. The molecular weight excluding hydrogens is 440 g/mol. The van der Waals surface area contributed by atoms with Crippen molar-refractivity contribution in [3.63, 3.8) is 0 Å². The lowest BCUT2D eigenvalue weighted by Crippen LogP contribution is -2.28. The number of ether oxygens (including phenoxy) is 2. The van der Waals surface area contributed by atoms with Crippen LogP contribution >= 0.6 is 0 Å². The lowest BCUT2D eigenvalue weighted by Gasteiger charge is -2.11. The summed E-state index contributed by atoms with van der Waals surface area (Å²) in [6.07, 6.45) is 2.76. The topological polar surface area (TPSA) is 121 Å². The number of rotatable bonds is 10. The van der Waals surface area contributed by atoms with Gasteiger partial charge in [0.1, 0.15) is 23.8 Å². The van der Waals surface area contributed by atoms with Crippen molar-refractivity contribution >= 4 is 23.6 Å². The van der Waals surface area contributed by atoms with Crippen LogP contribution in [-0.4, -0.2) is 23.4 Å². The second-order valence-electron chi connectivity index (χ2n) is 7.75. The van der Waals surface area contributed by atoms with Crippen molar-refractivity contribution in [3.8, 4) is 5.75 Å². The molecule has 0 bridgehead atoms. The van der Waals surface area contributed by atoms with E-state index in [0.29, 0.717) is 35.2 Å². The number of nitrogens with one attached hydrogen (secondary N) is 1. The van der Waals surface area contributed by atoms with Gasteiger partial charge in [-0.1, -0.05) is 26.0 Å². The molecule has 9 heteroatoms. The highest BCUT2D eigenvalue weighted by Crippen LogP contribution is 2.17. The number of amides is 1. The fraction of sp³-hybridized carbons (Fsp3) is 0.200. The number of hydrogen-bond donors (Lipinski definition) is 1. The second kappa shape index (κ2) is 11.5. The van der Waals surface area contributed by atoms with Crippen molar-refractivity contribution in [1.82, 2.24) is 5.32 Å². The van der Waals surface area contributed by atoms with E-state index in [-0.39, 0.29) is 18.0 Å². The minimum atomic E-state index is -0.826. The molecule has 0 atom stereocenters. The van der Waals surface area contributed by atoms with E-state index in [1.54, 1.807) is 42.5 Å². The van der Waals surface area contributed by atoms with Crippen LogP contribution < -0.4 is 10.1 Å². The SMILES string of the molecule is CC(C)COc1ccc(C(=O)NC(=Cc2cccc([N+](=O)[O-])c2)C(=O)OCc2ccco2)cc1. The van der Waals surface area contributed by atoms with Crippen molar-refractivity contribution in [2.24, 2.45) is 5.92 Å². The molecule has 0 saturated carbocycles. The van der Waals surface area contributed by atoms with Crippen LogP contribution in [0.4, 0.5) is 5.69 Å². The van der Waals surface area contributed by atoms with Gasteiger partial charge in [0.2, 0.25) is 0 Å². The third-order valence-corrected chi connectivity index (χ3v) is 4.49. The van der Waals surface area contributed by atoms with Crippen LogP contribution in [0.15, 0.2) is 77.0 Å². The largest absolute Gasteiger partial charge is 0.493 e. The summed E-state index contributed by atoms with van der Waals surface area (Å²) in [7, 11) is 0. The van der Waals surface area contributed by atoms with Crippen molar-refractivity contribution in [2.45, 2.75) is 20.5 Å². The molecule has 1 heterocycles. The average Bonchev–Trinajstić information content (AvgIpc) is 3.35. The Balaban J connectivity index is 1.79. The maximum atomic E-state index is 12.8. The van der Waals surface area contributed by atoms with Crippen molar-refractivity contribution in [1.29, 1.82) is 0 Å². The molecule has 0 unspecified atom stereocenters. The molecule has 0 aliphatic carbocycles. The first-order valence-corrected chi connectivity index (χ1v) is 10.5. The van der Waals surface area contributed by atoms with Gasteiger partial charge in [0.15, 0.2) is 0 Å². The Morgan fingerprint density at radius 2 is 1.88 bits per heavy atom. The summed E-state index contributed by atoms with van der Waals surface area (Å²) < 4.78 is 16.0. The molecule has 0 aliphatic rings. The third-order valence-electron chi connectivity index (χ3n) is 4.49. The lowest BCUT2D eigenvalue weighted by atomic mass is 10.1. The minimum Gasteiger partial charge on any atom is -0.493 e. The summed E-state index contributed by atoms with van der Waals surface area (Å²) in [5.41, 5.74) is 0.301. The number of nitrogens with zero attached hydrogens (tertiary/aromatic N) is 1. The zero-order valence-corrected chi connectivity index (χ0v) is 18.7. The van der Waals surface area contributed by atoms with E-state index in [4.69, 9.17) is 13.9 Å². The zero-order chi connectivity index (χ0) is 24.5. The molecule has 2 aromatic carbocycles. The standard InChI is InChI=1S/C25H24N2O7/c1-17(2)15-33-21-10-8-19(9-11-21)24(28)26-23(25(29)34-16-22-7-4-12-32-22)14-18-5-3-6-20(13-18)27(30)31/h3-14,17H,15-16H2,1-2H3,(H,26,28).